The number of aryl methyl sites for hydroxylation is 1. The molecule has 1 aromatic rings. The van der Waals surface area contributed by atoms with Gasteiger partial charge in [-0.1, -0.05) is 31.5 Å². The Bertz CT molecular complexity index is 500. The van der Waals surface area contributed by atoms with Gasteiger partial charge in [0.05, 0.1) is 4.90 Å². The summed E-state index contributed by atoms with van der Waals surface area (Å²) in [5.74, 6) is 0.335. The summed E-state index contributed by atoms with van der Waals surface area (Å²) in [6.07, 6.45) is 1.89. The number of nitrogens with zero attached hydrogens (tertiary/aromatic N) is 1. The summed E-state index contributed by atoms with van der Waals surface area (Å²) in [4.78, 5) is 12.0. The average molecular weight is 359 g/mol. The largest absolute Gasteiger partial charge is 0.355 e. The van der Waals surface area contributed by atoms with E-state index >= 15 is 0 Å². The molecule has 2 rings (SSSR count). The minimum Gasteiger partial charge on any atom is -0.355 e. The number of hydrogen-bond donors (Lipinski definition) is 1. The van der Waals surface area contributed by atoms with Crippen LogP contribution in [-0.4, -0.2) is 39.9 Å². The number of carbonyl (C=O) groups is 1. The molecule has 1 heterocycles. The predicted octanol–water partition coefficient (Wildman–Crippen LogP) is 3.11. The SMILES string of the molecule is CC.Cc1ccc(S(=O)N2CCC(CNC(=O)CCl)CC2)cc1. The van der Waals surface area contributed by atoms with Gasteiger partial charge in [0, 0.05) is 19.6 Å². The van der Waals surface area contributed by atoms with E-state index in [1.54, 1.807) is 0 Å². The van der Waals surface area contributed by atoms with Crippen molar-refractivity contribution >= 4 is 28.5 Å². The molecule has 1 fully saturated rings. The van der Waals surface area contributed by atoms with Gasteiger partial charge in [0.1, 0.15) is 16.9 Å². The van der Waals surface area contributed by atoms with E-state index in [-0.39, 0.29) is 11.8 Å². The fourth-order valence-corrected chi connectivity index (χ4v) is 3.69. The summed E-state index contributed by atoms with van der Waals surface area (Å²) < 4.78 is 14.5. The lowest BCUT2D eigenvalue weighted by Crippen LogP contribution is -2.39. The molecule has 1 aliphatic rings. The second-order valence-corrected chi connectivity index (χ2v) is 7.13. The van der Waals surface area contributed by atoms with Crippen LogP contribution in [0.5, 0.6) is 0 Å². The molecule has 0 aromatic heterocycles. The summed E-state index contributed by atoms with van der Waals surface area (Å²) in [7, 11) is -1.08. The summed E-state index contributed by atoms with van der Waals surface area (Å²) >= 11 is 5.45. The van der Waals surface area contributed by atoms with E-state index < -0.39 is 11.0 Å². The van der Waals surface area contributed by atoms with Crippen LogP contribution < -0.4 is 5.32 Å². The van der Waals surface area contributed by atoms with E-state index in [9.17, 15) is 9.00 Å². The molecule has 1 N–H and O–H groups in total. The van der Waals surface area contributed by atoms with E-state index in [0.717, 1.165) is 30.8 Å². The smallest absolute Gasteiger partial charge is 0.234 e. The fraction of sp³-hybridized carbons (Fsp3) is 0.588. The lowest BCUT2D eigenvalue weighted by molar-refractivity contribution is -0.118. The monoisotopic (exact) mass is 358 g/mol. The zero-order valence-corrected chi connectivity index (χ0v) is 15.8. The number of carbonyl (C=O) groups excluding carboxylic acids is 1. The van der Waals surface area contributed by atoms with Crippen molar-refractivity contribution in [3.05, 3.63) is 29.8 Å². The first-order valence-corrected chi connectivity index (χ1v) is 9.80. The van der Waals surface area contributed by atoms with Crippen LogP contribution in [0.4, 0.5) is 0 Å². The first kappa shape index (κ1) is 20.1. The van der Waals surface area contributed by atoms with Crippen molar-refractivity contribution in [3.8, 4) is 0 Å². The third kappa shape index (κ3) is 6.61. The maximum atomic E-state index is 12.5. The van der Waals surface area contributed by atoms with Gasteiger partial charge in [-0.15, -0.1) is 11.6 Å². The van der Waals surface area contributed by atoms with Gasteiger partial charge in [0.25, 0.3) is 0 Å². The molecule has 23 heavy (non-hydrogen) atoms. The highest BCUT2D eigenvalue weighted by atomic mass is 35.5. The number of nitrogens with one attached hydrogen (secondary N) is 1. The molecule has 1 unspecified atom stereocenters. The van der Waals surface area contributed by atoms with Gasteiger partial charge in [-0.05, 0) is 37.8 Å². The van der Waals surface area contributed by atoms with E-state index in [1.165, 1.54) is 5.56 Å². The highest BCUT2D eigenvalue weighted by molar-refractivity contribution is 7.82. The van der Waals surface area contributed by atoms with Crippen molar-refractivity contribution < 1.29 is 9.00 Å². The highest BCUT2D eigenvalue weighted by Crippen LogP contribution is 2.21. The van der Waals surface area contributed by atoms with E-state index in [1.807, 2.05) is 49.3 Å². The van der Waals surface area contributed by atoms with Gasteiger partial charge < -0.3 is 5.32 Å². The summed E-state index contributed by atoms with van der Waals surface area (Å²) in [6.45, 7) is 8.27. The van der Waals surface area contributed by atoms with Gasteiger partial charge in [-0.25, -0.2) is 8.51 Å². The molecule has 1 atom stereocenters. The number of halogens is 1. The molecule has 130 valence electrons. The molecule has 0 radical (unpaired) electrons. The molecule has 1 aliphatic heterocycles. The van der Waals surface area contributed by atoms with Gasteiger partial charge in [-0.2, -0.15) is 0 Å². The number of alkyl halides is 1. The Balaban J connectivity index is 0.00000127. The molecular formula is C17H27ClN2O2S. The predicted molar refractivity (Wildman–Crippen MR) is 97.0 cm³/mol. The van der Waals surface area contributed by atoms with Gasteiger partial charge in [0.15, 0.2) is 0 Å². The molecule has 1 saturated heterocycles. The minimum absolute atomic E-state index is 0.0102. The summed E-state index contributed by atoms with van der Waals surface area (Å²) in [5.41, 5.74) is 1.17. The molecule has 0 bridgehead atoms. The molecular weight excluding hydrogens is 332 g/mol. The first-order valence-electron chi connectivity index (χ1n) is 8.16. The van der Waals surface area contributed by atoms with Crippen LogP contribution in [0.2, 0.25) is 0 Å². The number of rotatable bonds is 5. The van der Waals surface area contributed by atoms with Gasteiger partial charge in [0.2, 0.25) is 5.91 Å². The van der Waals surface area contributed by atoms with Crippen LogP contribution in [0.15, 0.2) is 29.2 Å². The Hall–Kier alpha value is -0.910. The van der Waals surface area contributed by atoms with Crippen LogP contribution in [-0.2, 0) is 15.8 Å². The molecule has 1 aromatic carbocycles. The maximum Gasteiger partial charge on any atom is 0.234 e. The van der Waals surface area contributed by atoms with Crippen LogP contribution in [0, 0.1) is 12.8 Å². The lowest BCUT2D eigenvalue weighted by Gasteiger charge is -2.30. The molecule has 1 amide bonds. The molecule has 6 heteroatoms. The van der Waals surface area contributed by atoms with Gasteiger partial charge >= 0.3 is 0 Å². The highest BCUT2D eigenvalue weighted by Gasteiger charge is 2.23. The maximum absolute atomic E-state index is 12.5. The second kappa shape index (κ2) is 10.8. The van der Waals surface area contributed by atoms with Crippen molar-refractivity contribution in [2.75, 3.05) is 25.5 Å². The number of amides is 1. The number of benzene rings is 1. The van der Waals surface area contributed by atoms with Crippen molar-refractivity contribution in [1.82, 2.24) is 9.62 Å². The topological polar surface area (TPSA) is 49.4 Å². The average Bonchev–Trinajstić information content (AvgIpc) is 2.62. The first-order chi connectivity index (χ1) is 11.1. The Morgan fingerprint density at radius 1 is 1.26 bits per heavy atom. The Morgan fingerprint density at radius 2 is 1.83 bits per heavy atom. The van der Waals surface area contributed by atoms with Crippen molar-refractivity contribution in [2.24, 2.45) is 5.92 Å². The van der Waals surface area contributed by atoms with Crippen molar-refractivity contribution in [3.63, 3.8) is 0 Å². The fourth-order valence-electron chi connectivity index (χ4n) is 2.39. The normalized spacial score (nSPS) is 17.0. The summed E-state index contributed by atoms with van der Waals surface area (Å²) in [6, 6.07) is 7.83. The van der Waals surface area contributed by atoms with Crippen molar-refractivity contribution in [1.29, 1.82) is 0 Å². The Kier molecular flexibility index (Phi) is 9.44. The zero-order valence-electron chi connectivity index (χ0n) is 14.2. The van der Waals surface area contributed by atoms with Crippen LogP contribution >= 0.6 is 11.6 Å². The molecule has 0 saturated carbocycles. The number of piperidine rings is 1. The van der Waals surface area contributed by atoms with E-state index in [4.69, 9.17) is 11.6 Å². The third-order valence-corrected chi connectivity index (χ3v) is 5.49. The molecule has 0 spiro atoms. The summed E-state index contributed by atoms with van der Waals surface area (Å²) in [5, 5.41) is 2.82. The Morgan fingerprint density at radius 3 is 2.35 bits per heavy atom. The van der Waals surface area contributed by atoms with Crippen LogP contribution in [0.1, 0.15) is 32.3 Å². The molecule has 0 aliphatic carbocycles. The quantitative estimate of drug-likeness (QED) is 0.822. The van der Waals surface area contributed by atoms with Crippen LogP contribution in [0.25, 0.3) is 0 Å². The van der Waals surface area contributed by atoms with E-state index in [2.05, 4.69) is 5.32 Å². The van der Waals surface area contributed by atoms with Gasteiger partial charge in [-0.3, -0.25) is 4.79 Å². The third-order valence-electron chi connectivity index (χ3n) is 3.74. The Labute approximate surface area is 147 Å². The minimum atomic E-state index is -1.08. The lowest BCUT2D eigenvalue weighted by atomic mass is 9.98. The standard InChI is InChI=1S/C15H21ClN2O2S.C2H6/c1-12-2-4-14(5-3-12)21(20)18-8-6-13(7-9-18)11-17-15(19)10-16;1-2/h2-5,13H,6-11H2,1H3,(H,17,19);1-2H3. The van der Waals surface area contributed by atoms with Crippen molar-refractivity contribution in [2.45, 2.75) is 38.5 Å². The molecule has 4 nitrogen and oxygen atoms in total. The van der Waals surface area contributed by atoms with Crippen LogP contribution in [0.3, 0.4) is 0 Å². The zero-order chi connectivity index (χ0) is 17.2. The van der Waals surface area contributed by atoms with E-state index in [0.29, 0.717) is 12.5 Å². The number of hydrogen-bond acceptors (Lipinski definition) is 2. The second-order valence-electron chi connectivity index (χ2n) is 5.37.